The maximum Gasteiger partial charge on any atom is 0.101 e. The second-order valence-electron chi connectivity index (χ2n) is 5.18. The van der Waals surface area contributed by atoms with E-state index in [4.69, 9.17) is 11.0 Å². The molecule has 0 radical (unpaired) electrons. The molecule has 2 aromatic rings. The largest absolute Gasteiger partial charge is 0.396 e. The number of benzene rings is 1. The number of hydrogen-bond donors (Lipinski definition) is 3. The van der Waals surface area contributed by atoms with Crippen LogP contribution in [-0.2, 0) is 13.5 Å². The fourth-order valence-corrected chi connectivity index (χ4v) is 2.21. The summed E-state index contributed by atoms with van der Waals surface area (Å²) < 4.78 is 1.82. The van der Waals surface area contributed by atoms with Gasteiger partial charge < -0.3 is 16.4 Å². The zero-order chi connectivity index (χ0) is 15.8. The van der Waals surface area contributed by atoms with Crippen LogP contribution in [0, 0.1) is 11.3 Å². The van der Waals surface area contributed by atoms with Gasteiger partial charge in [-0.25, -0.2) is 0 Å². The van der Waals surface area contributed by atoms with Crippen LogP contribution in [0.3, 0.4) is 0 Å². The number of anilines is 2. The van der Waals surface area contributed by atoms with Gasteiger partial charge in [-0.05, 0) is 43.6 Å². The Bertz CT molecular complexity index is 640. The quantitative estimate of drug-likeness (QED) is 0.507. The van der Waals surface area contributed by atoms with E-state index in [2.05, 4.69) is 21.8 Å². The van der Waals surface area contributed by atoms with E-state index >= 15 is 0 Å². The van der Waals surface area contributed by atoms with Crippen molar-refractivity contribution in [3.8, 4) is 6.07 Å². The predicted octanol–water partition coefficient (Wildman–Crippen LogP) is 1.51. The van der Waals surface area contributed by atoms with E-state index < -0.39 is 0 Å². The Morgan fingerprint density at radius 1 is 1.32 bits per heavy atom. The van der Waals surface area contributed by atoms with E-state index in [1.165, 1.54) is 5.56 Å². The first kappa shape index (κ1) is 15.9. The van der Waals surface area contributed by atoms with E-state index in [9.17, 15) is 0 Å². The molecule has 0 bridgehead atoms. The summed E-state index contributed by atoms with van der Waals surface area (Å²) in [6, 6.07) is 7.54. The summed E-state index contributed by atoms with van der Waals surface area (Å²) in [7, 11) is 1.93. The molecule has 0 aliphatic heterocycles. The molecule has 0 atom stereocenters. The molecule has 1 aromatic carbocycles. The number of nitrogens with zero attached hydrogens (tertiary/aromatic N) is 3. The molecule has 0 spiro atoms. The van der Waals surface area contributed by atoms with Crippen LogP contribution in [0.5, 0.6) is 0 Å². The lowest BCUT2D eigenvalue weighted by molar-refractivity contribution is 0.660. The first-order valence-corrected chi connectivity index (χ1v) is 7.41. The lowest BCUT2D eigenvalue weighted by Crippen LogP contribution is -2.20. The molecular weight excluding hydrogens is 276 g/mol. The second kappa shape index (κ2) is 8.05. The Labute approximate surface area is 130 Å². The maximum absolute atomic E-state index is 8.93. The van der Waals surface area contributed by atoms with Crippen molar-refractivity contribution < 1.29 is 0 Å². The number of nitrogen functional groups attached to an aromatic ring is 1. The molecule has 1 heterocycles. The van der Waals surface area contributed by atoms with E-state index in [1.807, 2.05) is 36.3 Å². The van der Waals surface area contributed by atoms with Crippen LogP contribution in [0.1, 0.15) is 17.5 Å². The predicted molar refractivity (Wildman–Crippen MR) is 88.5 cm³/mol. The molecule has 0 amide bonds. The number of nitriles is 1. The number of nitrogens with one attached hydrogen (secondary N) is 2. The molecule has 1 aromatic heterocycles. The van der Waals surface area contributed by atoms with Crippen molar-refractivity contribution in [2.75, 3.05) is 30.7 Å². The second-order valence-corrected chi connectivity index (χ2v) is 5.18. The first-order chi connectivity index (χ1) is 10.7. The highest BCUT2D eigenvalue weighted by molar-refractivity contribution is 5.72. The van der Waals surface area contributed by atoms with Gasteiger partial charge in [-0.1, -0.05) is 6.07 Å². The fourth-order valence-electron chi connectivity index (χ4n) is 2.21. The molecule has 0 fully saturated rings. The van der Waals surface area contributed by atoms with E-state index in [-0.39, 0.29) is 0 Å². The number of aromatic nitrogens is 2. The highest BCUT2D eigenvalue weighted by Gasteiger charge is 2.03. The molecule has 0 unspecified atom stereocenters. The Hall–Kier alpha value is -2.52. The summed E-state index contributed by atoms with van der Waals surface area (Å²) in [4.78, 5) is 0. The fraction of sp³-hybridized carbons (Fsp3) is 0.375. The summed E-state index contributed by atoms with van der Waals surface area (Å²) in [5, 5.41) is 19.8. The van der Waals surface area contributed by atoms with Crippen LogP contribution < -0.4 is 16.4 Å². The third-order valence-corrected chi connectivity index (χ3v) is 3.42. The molecule has 0 saturated heterocycles. The van der Waals surface area contributed by atoms with Crippen molar-refractivity contribution in [2.24, 2.45) is 7.05 Å². The highest BCUT2D eigenvalue weighted by atomic mass is 15.2. The van der Waals surface area contributed by atoms with Gasteiger partial charge in [-0.3, -0.25) is 4.68 Å². The van der Waals surface area contributed by atoms with Crippen LogP contribution in [0.25, 0.3) is 0 Å². The monoisotopic (exact) mass is 298 g/mol. The van der Waals surface area contributed by atoms with Crippen LogP contribution in [-0.4, -0.2) is 29.4 Å². The van der Waals surface area contributed by atoms with Gasteiger partial charge in [0.05, 0.1) is 23.1 Å². The van der Waals surface area contributed by atoms with Gasteiger partial charge in [0, 0.05) is 19.8 Å². The number of aryl methyl sites for hydroxylation is 1. The average Bonchev–Trinajstić information content (AvgIpc) is 2.93. The SMILES string of the molecule is Cn1cc(CCNCCCNc2cccc(C#N)c2N)cn1. The number of rotatable bonds is 8. The number of para-hydroxylation sites is 1. The van der Waals surface area contributed by atoms with Crippen LogP contribution in [0.15, 0.2) is 30.6 Å². The number of hydrogen-bond acceptors (Lipinski definition) is 5. The normalized spacial score (nSPS) is 10.4. The molecule has 0 saturated carbocycles. The lowest BCUT2D eigenvalue weighted by Gasteiger charge is -2.10. The van der Waals surface area contributed by atoms with Crippen molar-refractivity contribution in [3.05, 3.63) is 41.7 Å². The molecule has 2 rings (SSSR count). The van der Waals surface area contributed by atoms with Gasteiger partial charge >= 0.3 is 0 Å². The molecule has 116 valence electrons. The minimum atomic E-state index is 0.514. The zero-order valence-electron chi connectivity index (χ0n) is 12.8. The summed E-state index contributed by atoms with van der Waals surface area (Å²) in [5.74, 6) is 0. The van der Waals surface area contributed by atoms with Crippen molar-refractivity contribution in [3.63, 3.8) is 0 Å². The molecule has 4 N–H and O–H groups in total. The maximum atomic E-state index is 8.93. The summed E-state index contributed by atoms with van der Waals surface area (Å²) in [6.45, 7) is 2.70. The summed E-state index contributed by atoms with van der Waals surface area (Å²) >= 11 is 0. The molecule has 6 nitrogen and oxygen atoms in total. The molecule has 0 aliphatic carbocycles. The van der Waals surface area contributed by atoms with Crippen LogP contribution >= 0.6 is 0 Å². The van der Waals surface area contributed by atoms with Gasteiger partial charge in [-0.2, -0.15) is 10.4 Å². The van der Waals surface area contributed by atoms with Crippen LogP contribution in [0.4, 0.5) is 11.4 Å². The third kappa shape index (κ3) is 4.50. The van der Waals surface area contributed by atoms with Gasteiger partial charge in [0.1, 0.15) is 6.07 Å². The van der Waals surface area contributed by atoms with Gasteiger partial charge in [-0.15, -0.1) is 0 Å². The van der Waals surface area contributed by atoms with E-state index in [1.54, 1.807) is 6.07 Å². The third-order valence-electron chi connectivity index (χ3n) is 3.42. The first-order valence-electron chi connectivity index (χ1n) is 7.41. The van der Waals surface area contributed by atoms with Crippen molar-refractivity contribution in [1.82, 2.24) is 15.1 Å². The minimum absolute atomic E-state index is 0.514. The number of nitrogens with two attached hydrogens (primary N) is 1. The smallest absolute Gasteiger partial charge is 0.101 e. The Morgan fingerprint density at radius 2 is 2.18 bits per heavy atom. The zero-order valence-corrected chi connectivity index (χ0v) is 12.8. The molecule has 6 heteroatoms. The Morgan fingerprint density at radius 3 is 2.91 bits per heavy atom. The van der Waals surface area contributed by atoms with Gasteiger partial charge in [0.15, 0.2) is 0 Å². The van der Waals surface area contributed by atoms with E-state index in [0.717, 1.165) is 38.2 Å². The summed E-state index contributed by atoms with van der Waals surface area (Å²) in [5.41, 5.74) is 9.02. The Kier molecular flexibility index (Phi) is 5.81. The van der Waals surface area contributed by atoms with Crippen molar-refractivity contribution >= 4 is 11.4 Å². The van der Waals surface area contributed by atoms with Gasteiger partial charge in [0.25, 0.3) is 0 Å². The minimum Gasteiger partial charge on any atom is -0.396 e. The van der Waals surface area contributed by atoms with Crippen molar-refractivity contribution in [1.29, 1.82) is 5.26 Å². The van der Waals surface area contributed by atoms with Crippen molar-refractivity contribution in [2.45, 2.75) is 12.8 Å². The molecule has 0 aliphatic rings. The Balaban J connectivity index is 1.61. The summed E-state index contributed by atoms with van der Waals surface area (Å²) in [6.07, 6.45) is 5.91. The topological polar surface area (TPSA) is 91.7 Å². The van der Waals surface area contributed by atoms with Crippen LogP contribution in [0.2, 0.25) is 0 Å². The van der Waals surface area contributed by atoms with Gasteiger partial charge in [0.2, 0.25) is 0 Å². The molecular formula is C16H22N6. The lowest BCUT2D eigenvalue weighted by atomic mass is 10.1. The standard InChI is InChI=1S/C16H22N6/c1-22-12-13(11-21-22)6-9-19-7-3-8-20-15-5-2-4-14(10-17)16(15)18/h2,4-5,11-12,19-20H,3,6-9,18H2,1H3. The highest BCUT2D eigenvalue weighted by Crippen LogP contribution is 2.21. The molecule has 22 heavy (non-hydrogen) atoms. The average molecular weight is 298 g/mol. The van der Waals surface area contributed by atoms with E-state index in [0.29, 0.717) is 11.3 Å².